The van der Waals surface area contributed by atoms with Crippen LogP contribution in [0.4, 0.5) is 0 Å². The molecule has 0 heterocycles. The van der Waals surface area contributed by atoms with Gasteiger partial charge in [0.1, 0.15) is 6.61 Å². The summed E-state index contributed by atoms with van der Waals surface area (Å²) in [6.07, 6.45) is 0. The molecule has 94 valence electrons. The first-order chi connectivity index (χ1) is 8.85. The van der Waals surface area contributed by atoms with Crippen LogP contribution in [0.1, 0.15) is 11.1 Å². The lowest BCUT2D eigenvalue weighted by Crippen LogP contribution is -2.04. The minimum absolute atomic E-state index is 0.494. The fourth-order valence-corrected chi connectivity index (χ4v) is 1.79. The number of benzene rings is 2. The van der Waals surface area contributed by atoms with Crippen molar-refractivity contribution in [2.45, 2.75) is 13.2 Å². The smallest absolute Gasteiger partial charge is 0.161 e. The lowest BCUT2D eigenvalue weighted by Gasteiger charge is -2.12. The van der Waals surface area contributed by atoms with E-state index in [1.54, 1.807) is 7.11 Å². The summed E-state index contributed by atoms with van der Waals surface area (Å²) < 4.78 is 11.0. The van der Waals surface area contributed by atoms with Gasteiger partial charge in [0.25, 0.3) is 0 Å². The van der Waals surface area contributed by atoms with Gasteiger partial charge in [0, 0.05) is 6.54 Å². The highest BCUT2D eigenvalue weighted by molar-refractivity contribution is 5.39. The number of hydrogen-bond donors (Lipinski definition) is 1. The molecule has 18 heavy (non-hydrogen) atoms. The van der Waals surface area contributed by atoms with Gasteiger partial charge in [0.15, 0.2) is 11.5 Å². The zero-order valence-corrected chi connectivity index (χ0v) is 10.4. The molecule has 0 aromatic heterocycles. The first-order valence-corrected chi connectivity index (χ1v) is 5.88. The molecule has 0 bridgehead atoms. The quantitative estimate of drug-likeness (QED) is 0.878. The van der Waals surface area contributed by atoms with Crippen molar-refractivity contribution >= 4 is 0 Å². The van der Waals surface area contributed by atoms with Crippen molar-refractivity contribution in [1.82, 2.24) is 0 Å². The Bertz CT molecular complexity index is 464. The highest BCUT2D eigenvalue weighted by atomic mass is 16.5. The maximum Gasteiger partial charge on any atom is 0.161 e. The first kappa shape index (κ1) is 12.5. The van der Waals surface area contributed by atoms with E-state index < -0.39 is 0 Å². The van der Waals surface area contributed by atoms with Crippen molar-refractivity contribution in [2.75, 3.05) is 7.11 Å². The van der Waals surface area contributed by atoms with Crippen LogP contribution in [-0.2, 0) is 13.2 Å². The first-order valence-electron chi connectivity index (χ1n) is 5.88. The van der Waals surface area contributed by atoms with Crippen LogP contribution >= 0.6 is 0 Å². The summed E-state index contributed by atoms with van der Waals surface area (Å²) >= 11 is 0. The molecule has 2 rings (SSSR count). The van der Waals surface area contributed by atoms with Crippen LogP contribution in [0.25, 0.3) is 0 Å². The van der Waals surface area contributed by atoms with Crippen molar-refractivity contribution in [1.29, 1.82) is 0 Å². The van der Waals surface area contributed by atoms with E-state index in [0.29, 0.717) is 13.2 Å². The maximum atomic E-state index is 5.78. The summed E-state index contributed by atoms with van der Waals surface area (Å²) in [5.41, 5.74) is 7.90. The summed E-state index contributed by atoms with van der Waals surface area (Å²) in [4.78, 5) is 0. The largest absolute Gasteiger partial charge is 0.493 e. The Hall–Kier alpha value is -2.00. The van der Waals surface area contributed by atoms with E-state index in [1.165, 1.54) is 0 Å². The minimum atomic E-state index is 0.494. The number of ether oxygens (including phenoxy) is 2. The average Bonchev–Trinajstić information content (AvgIpc) is 2.45. The van der Waals surface area contributed by atoms with Crippen molar-refractivity contribution in [2.24, 2.45) is 5.73 Å². The molecule has 0 amide bonds. The number of para-hydroxylation sites is 2. The van der Waals surface area contributed by atoms with Gasteiger partial charge in [-0.3, -0.25) is 0 Å². The fraction of sp³-hybridized carbons (Fsp3) is 0.200. The molecule has 0 aliphatic rings. The third-order valence-electron chi connectivity index (χ3n) is 2.79. The molecule has 0 radical (unpaired) electrons. The molecule has 0 saturated carbocycles. The summed E-state index contributed by atoms with van der Waals surface area (Å²) in [5, 5.41) is 0. The monoisotopic (exact) mass is 243 g/mol. The zero-order valence-electron chi connectivity index (χ0n) is 10.4. The Morgan fingerprint density at radius 3 is 2.17 bits per heavy atom. The van der Waals surface area contributed by atoms with Crippen LogP contribution in [0, 0.1) is 0 Å². The summed E-state index contributed by atoms with van der Waals surface area (Å²) in [6.45, 7) is 1.01. The number of rotatable bonds is 5. The van der Waals surface area contributed by atoms with Crippen LogP contribution < -0.4 is 15.2 Å². The number of methoxy groups -OCH3 is 1. The van der Waals surface area contributed by atoms with Gasteiger partial charge < -0.3 is 15.2 Å². The molecule has 0 spiro atoms. The van der Waals surface area contributed by atoms with Crippen LogP contribution in [-0.4, -0.2) is 7.11 Å². The van der Waals surface area contributed by atoms with E-state index in [1.807, 2.05) is 48.5 Å². The predicted octanol–water partition coefficient (Wildman–Crippen LogP) is 2.73. The van der Waals surface area contributed by atoms with Gasteiger partial charge in [-0.2, -0.15) is 0 Å². The minimum Gasteiger partial charge on any atom is -0.493 e. The highest BCUT2D eigenvalue weighted by Gasteiger charge is 2.05. The molecule has 2 aromatic rings. The second-order valence-corrected chi connectivity index (χ2v) is 3.91. The zero-order chi connectivity index (χ0) is 12.8. The third kappa shape index (κ3) is 2.81. The molecule has 0 aliphatic heterocycles. The van der Waals surface area contributed by atoms with E-state index in [9.17, 15) is 0 Å². The molecule has 0 fully saturated rings. The van der Waals surface area contributed by atoms with Gasteiger partial charge in [-0.05, 0) is 23.3 Å². The van der Waals surface area contributed by atoms with Crippen molar-refractivity contribution in [3.8, 4) is 11.5 Å². The molecule has 3 heteroatoms. The van der Waals surface area contributed by atoms with Crippen LogP contribution in [0.15, 0.2) is 48.5 Å². The summed E-state index contributed by atoms with van der Waals surface area (Å²) in [6, 6.07) is 15.6. The van der Waals surface area contributed by atoms with Crippen molar-refractivity contribution < 1.29 is 9.47 Å². The van der Waals surface area contributed by atoms with E-state index in [2.05, 4.69) is 0 Å². The number of hydrogen-bond acceptors (Lipinski definition) is 3. The van der Waals surface area contributed by atoms with Crippen LogP contribution in [0.5, 0.6) is 11.5 Å². The SMILES string of the molecule is COc1ccccc1OCc1ccccc1CN. The van der Waals surface area contributed by atoms with Crippen molar-refractivity contribution in [3.05, 3.63) is 59.7 Å². The Morgan fingerprint density at radius 1 is 0.889 bits per heavy atom. The standard InChI is InChI=1S/C15H17NO2/c1-17-14-8-4-5-9-15(14)18-11-13-7-3-2-6-12(13)10-16/h2-9H,10-11,16H2,1H3. The third-order valence-corrected chi connectivity index (χ3v) is 2.79. The van der Waals surface area contributed by atoms with Crippen LogP contribution in [0.3, 0.4) is 0 Å². The van der Waals surface area contributed by atoms with Crippen LogP contribution in [0.2, 0.25) is 0 Å². The van der Waals surface area contributed by atoms with Gasteiger partial charge in [-0.15, -0.1) is 0 Å². The Kier molecular flexibility index (Phi) is 4.20. The lowest BCUT2D eigenvalue weighted by molar-refractivity contribution is 0.283. The topological polar surface area (TPSA) is 44.5 Å². The molecular formula is C15H17NO2. The van der Waals surface area contributed by atoms with Gasteiger partial charge in [0.2, 0.25) is 0 Å². The van der Waals surface area contributed by atoms with Gasteiger partial charge in [-0.1, -0.05) is 36.4 Å². The Labute approximate surface area is 107 Å². The maximum absolute atomic E-state index is 5.78. The fourth-order valence-electron chi connectivity index (χ4n) is 1.79. The molecule has 0 saturated heterocycles. The molecule has 2 aromatic carbocycles. The number of nitrogens with two attached hydrogens (primary N) is 1. The lowest BCUT2D eigenvalue weighted by atomic mass is 10.1. The van der Waals surface area contributed by atoms with Gasteiger partial charge in [-0.25, -0.2) is 0 Å². The van der Waals surface area contributed by atoms with Crippen molar-refractivity contribution in [3.63, 3.8) is 0 Å². The second kappa shape index (κ2) is 6.07. The molecule has 0 unspecified atom stereocenters. The van der Waals surface area contributed by atoms with E-state index in [4.69, 9.17) is 15.2 Å². The summed E-state index contributed by atoms with van der Waals surface area (Å²) in [7, 11) is 1.63. The van der Waals surface area contributed by atoms with E-state index in [-0.39, 0.29) is 0 Å². The van der Waals surface area contributed by atoms with Gasteiger partial charge in [0.05, 0.1) is 7.11 Å². The van der Waals surface area contributed by atoms with E-state index >= 15 is 0 Å². The Balaban J connectivity index is 2.11. The normalized spacial score (nSPS) is 10.1. The molecular weight excluding hydrogens is 226 g/mol. The predicted molar refractivity (Wildman–Crippen MR) is 71.7 cm³/mol. The second-order valence-electron chi connectivity index (χ2n) is 3.91. The Morgan fingerprint density at radius 2 is 1.50 bits per heavy atom. The molecule has 3 nitrogen and oxygen atoms in total. The molecule has 0 atom stereocenters. The molecule has 2 N–H and O–H groups in total. The van der Waals surface area contributed by atoms with Gasteiger partial charge >= 0.3 is 0 Å². The highest BCUT2D eigenvalue weighted by Crippen LogP contribution is 2.26. The van der Waals surface area contributed by atoms with E-state index in [0.717, 1.165) is 22.6 Å². The molecule has 0 aliphatic carbocycles. The summed E-state index contributed by atoms with van der Waals surface area (Å²) in [5.74, 6) is 1.48. The average molecular weight is 243 g/mol.